The predicted octanol–water partition coefficient (Wildman–Crippen LogP) is 2.43. The predicted molar refractivity (Wildman–Crippen MR) is 77.8 cm³/mol. The van der Waals surface area contributed by atoms with Crippen LogP contribution in [0.1, 0.15) is 36.1 Å². The van der Waals surface area contributed by atoms with Crippen molar-refractivity contribution >= 4 is 17.3 Å². The van der Waals surface area contributed by atoms with Crippen LogP contribution in [0.25, 0.3) is 0 Å². The van der Waals surface area contributed by atoms with E-state index in [1.165, 1.54) is 12.3 Å². The number of carbonyl (C=O) groups excluding carboxylic acids is 1. The fourth-order valence-electron chi connectivity index (χ4n) is 1.69. The maximum atomic E-state index is 13.5. The molecule has 1 amide bonds. The number of hydrogen-bond acceptors (Lipinski definition) is 5. The molecule has 7 heteroatoms. The van der Waals surface area contributed by atoms with Crippen molar-refractivity contribution in [1.29, 1.82) is 0 Å². The van der Waals surface area contributed by atoms with Gasteiger partial charge >= 0.3 is 0 Å². The fourth-order valence-corrected chi connectivity index (χ4v) is 1.69. The van der Waals surface area contributed by atoms with Crippen LogP contribution in [0.5, 0.6) is 0 Å². The van der Waals surface area contributed by atoms with Gasteiger partial charge in [-0.2, -0.15) is 0 Å². The number of carbonyl (C=O) groups is 1. The Labute approximate surface area is 121 Å². The molecular formula is C14H16FN5O. The first-order valence-corrected chi connectivity index (χ1v) is 6.48. The zero-order valence-electron chi connectivity index (χ0n) is 12.0. The number of hydrogen-bond donors (Lipinski definition) is 2. The minimum atomic E-state index is -0.602. The molecule has 0 aliphatic carbocycles. The van der Waals surface area contributed by atoms with Crippen molar-refractivity contribution in [3.8, 4) is 0 Å². The Balaban J connectivity index is 2.34. The van der Waals surface area contributed by atoms with Crippen LogP contribution < -0.4 is 10.6 Å². The highest BCUT2D eigenvalue weighted by atomic mass is 19.1. The molecule has 2 aromatic heterocycles. The third kappa shape index (κ3) is 3.31. The number of pyridine rings is 1. The molecular weight excluding hydrogens is 273 g/mol. The number of amides is 1. The second-order valence-corrected chi connectivity index (χ2v) is 4.70. The van der Waals surface area contributed by atoms with E-state index < -0.39 is 11.7 Å². The number of halogens is 1. The van der Waals surface area contributed by atoms with Gasteiger partial charge in [0.2, 0.25) is 0 Å². The molecule has 2 heterocycles. The Morgan fingerprint density at radius 1 is 1.29 bits per heavy atom. The van der Waals surface area contributed by atoms with Crippen molar-refractivity contribution in [2.75, 3.05) is 17.7 Å². The van der Waals surface area contributed by atoms with Gasteiger partial charge in [-0.15, -0.1) is 0 Å². The van der Waals surface area contributed by atoms with Crippen molar-refractivity contribution in [2.24, 2.45) is 0 Å². The van der Waals surface area contributed by atoms with E-state index in [4.69, 9.17) is 0 Å². The van der Waals surface area contributed by atoms with E-state index in [0.717, 1.165) is 6.20 Å². The molecule has 21 heavy (non-hydrogen) atoms. The molecule has 0 spiro atoms. The van der Waals surface area contributed by atoms with E-state index in [9.17, 15) is 9.18 Å². The summed E-state index contributed by atoms with van der Waals surface area (Å²) < 4.78 is 13.5. The number of nitrogens with one attached hydrogen (secondary N) is 2. The first-order chi connectivity index (χ1) is 10.0. The Hall–Kier alpha value is -2.57. The summed E-state index contributed by atoms with van der Waals surface area (Å²) in [5, 5.41) is 5.33. The minimum absolute atomic E-state index is 0.0572. The van der Waals surface area contributed by atoms with Crippen LogP contribution in [0, 0.1) is 5.82 Å². The summed E-state index contributed by atoms with van der Waals surface area (Å²) in [6.45, 7) is 3.86. The lowest BCUT2D eigenvalue weighted by molar-refractivity contribution is 0.102. The largest absolute Gasteiger partial charge is 0.385 e. The molecule has 0 saturated heterocycles. The van der Waals surface area contributed by atoms with Crippen LogP contribution in [0.4, 0.5) is 15.8 Å². The second-order valence-electron chi connectivity index (χ2n) is 4.70. The quantitative estimate of drug-likeness (QED) is 0.903. The third-order valence-corrected chi connectivity index (χ3v) is 2.83. The van der Waals surface area contributed by atoms with Gasteiger partial charge in [0.15, 0.2) is 11.5 Å². The van der Waals surface area contributed by atoms with E-state index >= 15 is 0 Å². The average molecular weight is 289 g/mol. The summed E-state index contributed by atoms with van der Waals surface area (Å²) in [4.78, 5) is 24.3. The Bertz CT molecular complexity index is 660. The summed E-state index contributed by atoms with van der Waals surface area (Å²) in [5.41, 5.74) is 0.709. The normalized spacial score (nSPS) is 10.5. The van der Waals surface area contributed by atoms with Crippen LogP contribution in [0.2, 0.25) is 0 Å². The van der Waals surface area contributed by atoms with Crippen LogP contribution in [-0.2, 0) is 0 Å². The summed E-state index contributed by atoms with van der Waals surface area (Å²) in [6.07, 6.45) is 3.98. The lowest BCUT2D eigenvalue weighted by Gasteiger charge is -2.11. The fraction of sp³-hybridized carbons (Fsp3) is 0.286. The first-order valence-electron chi connectivity index (χ1n) is 6.48. The van der Waals surface area contributed by atoms with Crippen molar-refractivity contribution in [2.45, 2.75) is 19.8 Å². The van der Waals surface area contributed by atoms with E-state index in [2.05, 4.69) is 25.6 Å². The smallest absolute Gasteiger partial charge is 0.276 e. The molecule has 110 valence electrons. The Kier molecular flexibility index (Phi) is 4.42. The van der Waals surface area contributed by atoms with Gasteiger partial charge in [0.05, 0.1) is 23.8 Å². The summed E-state index contributed by atoms with van der Waals surface area (Å²) in [7, 11) is 1.66. The van der Waals surface area contributed by atoms with Gasteiger partial charge < -0.3 is 10.6 Å². The van der Waals surface area contributed by atoms with Gasteiger partial charge in [0.1, 0.15) is 5.82 Å². The van der Waals surface area contributed by atoms with Gasteiger partial charge in [0, 0.05) is 19.2 Å². The van der Waals surface area contributed by atoms with Crippen molar-refractivity contribution in [3.63, 3.8) is 0 Å². The van der Waals surface area contributed by atoms with Gasteiger partial charge in [-0.05, 0) is 6.07 Å². The van der Waals surface area contributed by atoms with E-state index in [1.807, 2.05) is 13.8 Å². The standard InChI is InChI=1S/C14H16FN5O/c1-8(2)13-18-7-11(16-3)12(20-13)14(21)19-10-4-5-17-6-9(10)15/h4-8,16H,1-3H3,(H,17,19,21). The maximum absolute atomic E-state index is 13.5. The van der Waals surface area contributed by atoms with Gasteiger partial charge in [-0.3, -0.25) is 9.78 Å². The second kappa shape index (κ2) is 6.25. The summed E-state index contributed by atoms with van der Waals surface area (Å²) in [5.74, 6) is -0.474. The minimum Gasteiger partial charge on any atom is -0.385 e. The monoisotopic (exact) mass is 289 g/mol. The number of rotatable bonds is 4. The molecule has 6 nitrogen and oxygen atoms in total. The SMILES string of the molecule is CNc1cnc(C(C)C)nc1C(=O)Nc1ccncc1F. The molecule has 2 aromatic rings. The molecule has 0 atom stereocenters. The van der Waals surface area contributed by atoms with Gasteiger partial charge in [-0.25, -0.2) is 14.4 Å². The zero-order valence-corrected chi connectivity index (χ0v) is 12.0. The third-order valence-electron chi connectivity index (χ3n) is 2.83. The van der Waals surface area contributed by atoms with Crippen LogP contribution in [0.15, 0.2) is 24.7 Å². The Morgan fingerprint density at radius 2 is 2.05 bits per heavy atom. The van der Waals surface area contributed by atoms with Crippen LogP contribution >= 0.6 is 0 Å². The van der Waals surface area contributed by atoms with Crippen molar-refractivity contribution in [3.05, 3.63) is 42.0 Å². The molecule has 0 aliphatic rings. The molecule has 0 radical (unpaired) electrons. The maximum Gasteiger partial charge on any atom is 0.276 e. The average Bonchev–Trinajstić information content (AvgIpc) is 2.48. The Morgan fingerprint density at radius 3 is 2.67 bits per heavy atom. The number of anilines is 2. The molecule has 2 N–H and O–H groups in total. The summed E-state index contributed by atoms with van der Waals surface area (Å²) in [6, 6.07) is 1.39. The highest BCUT2D eigenvalue weighted by Crippen LogP contribution is 2.18. The molecule has 0 aromatic carbocycles. The van der Waals surface area contributed by atoms with Gasteiger partial charge in [0.25, 0.3) is 5.91 Å². The number of aromatic nitrogens is 3. The van der Waals surface area contributed by atoms with Gasteiger partial charge in [-0.1, -0.05) is 13.8 Å². The van der Waals surface area contributed by atoms with E-state index in [0.29, 0.717) is 11.5 Å². The summed E-state index contributed by atoms with van der Waals surface area (Å²) >= 11 is 0. The highest BCUT2D eigenvalue weighted by molar-refractivity contribution is 6.06. The molecule has 0 saturated carbocycles. The molecule has 2 rings (SSSR count). The van der Waals surface area contributed by atoms with Crippen molar-refractivity contribution < 1.29 is 9.18 Å². The molecule has 0 aliphatic heterocycles. The van der Waals surface area contributed by atoms with Crippen LogP contribution in [-0.4, -0.2) is 27.9 Å². The number of nitrogens with zero attached hydrogens (tertiary/aromatic N) is 3. The highest BCUT2D eigenvalue weighted by Gasteiger charge is 2.17. The zero-order chi connectivity index (χ0) is 15.4. The van der Waals surface area contributed by atoms with Crippen molar-refractivity contribution in [1.82, 2.24) is 15.0 Å². The van der Waals surface area contributed by atoms with E-state index in [1.54, 1.807) is 13.2 Å². The lowest BCUT2D eigenvalue weighted by atomic mass is 10.2. The van der Waals surface area contributed by atoms with Crippen LogP contribution in [0.3, 0.4) is 0 Å². The topological polar surface area (TPSA) is 79.8 Å². The molecule has 0 fully saturated rings. The first kappa shape index (κ1) is 14.8. The lowest BCUT2D eigenvalue weighted by Crippen LogP contribution is -2.18. The molecule has 0 bridgehead atoms. The van der Waals surface area contributed by atoms with E-state index in [-0.39, 0.29) is 17.3 Å². The molecule has 0 unspecified atom stereocenters.